The SMILES string of the molecule is Cc1nn(C)c(C)c1CCNC(=O)[C@@H]1CCC(=O)N(CC(C)C)[C@@H]1C. The lowest BCUT2D eigenvalue weighted by atomic mass is 9.88. The Labute approximate surface area is 151 Å². The van der Waals surface area contributed by atoms with E-state index in [-0.39, 0.29) is 23.8 Å². The minimum Gasteiger partial charge on any atom is -0.355 e. The maximum absolute atomic E-state index is 12.6. The molecule has 1 fully saturated rings. The Balaban J connectivity index is 1.92. The Bertz CT molecular complexity index is 636. The van der Waals surface area contributed by atoms with Crippen LogP contribution in [-0.2, 0) is 23.1 Å². The zero-order chi connectivity index (χ0) is 18.7. The molecular weight excluding hydrogens is 316 g/mol. The van der Waals surface area contributed by atoms with E-state index in [9.17, 15) is 9.59 Å². The van der Waals surface area contributed by atoms with E-state index in [0.29, 0.717) is 25.3 Å². The molecule has 2 amide bonds. The van der Waals surface area contributed by atoms with Crippen LogP contribution in [0.25, 0.3) is 0 Å². The third kappa shape index (κ3) is 4.41. The van der Waals surface area contributed by atoms with Gasteiger partial charge in [0.2, 0.25) is 11.8 Å². The van der Waals surface area contributed by atoms with E-state index in [1.54, 1.807) is 0 Å². The number of aromatic nitrogens is 2. The molecule has 1 aromatic rings. The van der Waals surface area contributed by atoms with Crippen LogP contribution in [-0.4, -0.2) is 45.6 Å². The summed E-state index contributed by atoms with van der Waals surface area (Å²) >= 11 is 0. The maximum atomic E-state index is 12.6. The fraction of sp³-hybridized carbons (Fsp3) is 0.737. The van der Waals surface area contributed by atoms with Crippen molar-refractivity contribution in [1.29, 1.82) is 0 Å². The second-order valence-corrected chi connectivity index (χ2v) is 7.64. The predicted molar refractivity (Wildman–Crippen MR) is 98.1 cm³/mol. The lowest BCUT2D eigenvalue weighted by Gasteiger charge is -2.39. The Hall–Kier alpha value is -1.85. The largest absolute Gasteiger partial charge is 0.355 e. The number of carbonyl (C=O) groups is 2. The van der Waals surface area contributed by atoms with E-state index in [1.165, 1.54) is 5.56 Å². The number of rotatable bonds is 6. The zero-order valence-electron chi connectivity index (χ0n) is 16.4. The van der Waals surface area contributed by atoms with Crippen LogP contribution < -0.4 is 5.32 Å². The van der Waals surface area contributed by atoms with Gasteiger partial charge in [-0.3, -0.25) is 14.3 Å². The first kappa shape index (κ1) is 19.5. The number of carbonyl (C=O) groups excluding carboxylic acids is 2. The molecule has 0 aliphatic carbocycles. The van der Waals surface area contributed by atoms with Gasteiger partial charge in [-0.2, -0.15) is 5.10 Å². The molecule has 2 rings (SSSR count). The summed E-state index contributed by atoms with van der Waals surface area (Å²) in [4.78, 5) is 26.7. The number of piperidine rings is 1. The summed E-state index contributed by atoms with van der Waals surface area (Å²) in [6.07, 6.45) is 1.90. The summed E-state index contributed by atoms with van der Waals surface area (Å²) in [6, 6.07) is -0.0366. The van der Waals surface area contributed by atoms with Crippen molar-refractivity contribution in [3.63, 3.8) is 0 Å². The van der Waals surface area contributed by atoms with Crippen LogP contribution in [0.5, 0.6) is 0 Å². The third-order valence-electron chi connectivity index (χ3n) is 5.30. The van der Waals surface area contributed by atoms with Gasteiger partial charge in [-0.25, -0.2) is 0 Å². The molecule has 0 radical (unpaired) electrons. The Morgan fingerprint density at radius 3 is 2.60 bits per heavy atom. The fourth-order valence-corrected chi connectivity index (χ4v) is 3.74. The average Bonchev–Trinajstić information content (AvgIpc) is 2.77. The van der Waals surface area contributed by atoms with Gasteiger partial charge in [-0.1, -0.05) is 13.8 Å². The van der Waals surface area contributed by atoms with Crippen molar-refractivity contribution in [2.45, 2.75) is 59.9 Å². The van der Waals surface area contributed by atoms with Crippen LogP contribution in [0, 0.1) is 25.7 Å². The molecule has 0 aromatic carbocycles. The lowest BCUT2D eigenvalue weighted by molar-refractivity contribution is -0.142. The quantitative estimate of drug-likeness (QED) is 0.855. The number of nitrogens with zero attached hydrogens (tertiary/aromatic N) is 3. The van der Waals surface area contributed by atoms with Crippen molar-refractivity contribution in [3.05, 3.63) is 17.0 Å². The number of nitrogens with one attached hydrogen (secondary N) is 1. The molecule has 6 nitrogen and oxygen atoms in total. The van der Waals surface area contributed by atoms with Gasteiger partial charge in [-0.05, 0) is 45.1 Å². The van der Waals surface area contributed by atoms with Gasteiger partial charge in [0.15, 0.2) is 0 Å². The first-order chi connectivity index (χ1) is 11.7. The van der Waals surface area contributed by atoms with Gasteiger partial charge in [0.1, 0.15) is 0 Å². The molecule has 1 saturated heterocycles. The Morgan fingerprint density at radius 1 is 1.36 bits per heavy atom. The second kappa shape index (κ2) is 8.02. The molecule has 2 heterocycles. The summed E-state index contributed by atoms with van der Waals surface area (Å²) in [5, 5.41) is 7.49. The number of aryl methyl sites for hydroxylation is 2. The van der Waals surface area contributed by atoms with E-state index in [4.69, 9.17) is 0 Å². The molecule has 1 aliphatic heterocycles. The van der Waals surface area contributed by atoms with Crippen molar-refractivity contribution in [1.82, 2.24) is 20.0 Å². The van der Waals surface area contributed by atoms with Crippen LogP contribution in [0.3, 0.4) is 0 Å². The average molecular weight is 348 g/mol. The molecule has 2 atom stereocenters. The third-order valence-corrected chi connectivity index (χ3v) is 5.30. The predicted octanol–water partition coefficient (Wildman–Crippen LogP) is 1.98. The summed E-state index contributed by atoms with van der Waals surface area (Å²) in [6.45, 7) is 11.6. The number of hydrogen-bond acceptors (Lipinski definition) is 3. The summed E-state index contributed by atoms with van der Waals surface area (Å²) in [5.41, 5.74) is 3.37. The highest BCUT2D eigenvalue weighted by Gasteiger charge is 2.36. The molecule has 140 valence electrons. The topological polar surface area (TPSA) is 67.2 Å². The highest BCUT2D eigenvalue weighted by atomic mass is 16.2. The Kier molecular flexibility index (Phi) is 6.25. The van der Waals surface area contributed by atoms with Gasteiger partial charge in [-0.15, -0.1) is 0 Å². The molecule has 6 heteroatoms. The first-order valence-corrected chi connectivity index (χ1v) is 9.28. The number of hydrogen-bond donors (Lipinski definition) is 1. The van der Waals surface area contributed by atoms with Crippen LogP contribution in [0.1, 0.15) is 50.6 Å². The Morgan fingerprint density at radius 2 is 2.04 bits per heavy atom. The fourth-order valence-electron chi connectivity index (χ4n) is 3.74. The molecule has 25 heavy (non-hydrogen) atoms. The summed E-state index contributed by atoms with van der Waals surface area (Å²) in [7, 11) is 1.94. The lowest BCUT2D eigenvalue weighted by Crippen LogP contribution is -2.52. The number of likely N-dealkylation sites (tertiary alicyclic amines) is 1. The zero-order valence-corrected chi connectivity index (χ0v) is 16.4. The van der Waals surface area contributed by atoms with E-state index in [2.05, 4.69) is 31.2 Å². The molecule has 1 N–H and O–H groups in total. The normalized spacial score (nSPS) is 21.1. The van der Waals surface area contributed by atoms with E-state index in [1.807, 2.05) is 30.5 Å². The van der Waals surface area contributed by atoms with Crippen molar-refractivity contribution >= 4 is 11.8 Å². The highest BCUT2D eigenvalue weighted by molar-refractivity contribution is 5.84. The molecule has 0 spiro atoms. The van der Waals surface area contributed by atoms with Crippen molar-refractivity contribution in [2.24, 2.45) is 18.9 Å². The molecule has 1 aromatic heterocycles. The van der Waals surface area contributed by atoms with Crippen molar-refractivity contribution in [3.8, 4) is 0 Å². The standard InChI is InChI=1S/C19H32N4O2/c1-12(2)11-23-15(5)17(7-8-18(23)24)19(25)20-10-9-16-13(3)21-22(6)14(16)4/h12,15,17H,7-11H2,1-6H3,(H,20,25)/t15-,17-/m1/s1. The van der Waals surface area contributed by atoms with Crippen molar-refractivity contribution < 1.29 is 9.59 Å². The van der Waals surface area contributed by atoms with Crippen LogP contribution in [0.2, 0.25) is 0 Å². The second-order valence-electron chi connectivity index (χ2n) is 7.64. The van der Waals surface area contributed by atoms with Gasteiger partial charge < -0.3 is 10.2 Å². The minimum absolute atomic E-state index is 0.0366. The van der Waals surface area contributed by atoms with Crippen molar-refractivity contribution in [2.75, 3.05) is 13.1 Å². The molecule has 0 bridgehead atoms. The van der Waals surface area contributed by atoms with Crippen LogP contribution >= 0.6 is 0 Å². The molecule has 0 saturated carbocycles. The van der Waals surface area contributed by atoms with Crippen LogP contribution in [0.4, 0.5) is 0 Å². The van der Waals surface area contributed by atoms with Gasteiger partial charge >= 0.3 is 0 Å². The van der Waals surface area contributed by atoms with Gasteiger partial charge in [0.05, 0.1) is 11.6 Å². The van der Waals surface area contributed by atoms with E-state index >= 15 is 0 Å². The molecular formula is C19H32N4O2. The van der Waals surface area contributed by atoms with E-state index < -0.39 is 0 Å². The highest BCUT2D eigenvalue weighted by Crippen LogP contribution is 2.25. The smallest absolute Gasteiger partial charge is 0.225 e. The maximum Gasteiger partial charge on any atom is 0.225 e. The summed E-state index contributed by atoms with van der Waals surface area (Å²) in [5.74, 6) is 0.525. The van der Waals surface area contributed by atoms with Gasteiger partial charge in [0.25, 0.3) is 0 Å². The molecule has 0 unspecified atom stereocenters. The minimum atomic E-state index is -0.118. The molecule has 1 aliphatic rings. The first-order valence-electron chi connectivity index (χ1n) is 9.28. The monoisotopic (exact) mass is 348 g/mol. The van der Waals surface area contributed by atoms with Gasteiger partial charge in [0, 0.05) is 38.3 Å². The number of amides is 2. The van der Waals surface area contributed by atoms with E-state index in [0.717, 1.165) is 24.4 Å². The van der Waals surface area contributed by atoms with Crippen LogP contribution in [0.15, 0.2) is 0 Å². The summed E-state index contributed by atoms with van der Waals surface area (Å²) < 4.78 is 1.88.